The number of nitrogens with zero attached hydrogens (tertiary/aromatic N) is 1. The molecule has 1 aromatic carbocycles. The van der Waals surface area contributed by atoms with Crippen molar-refractivity contribution in [2.75, 3.05) is 6.54 Å². The van der Waals surface area contributed by atoms with E-state index in [1.54, 1.807) is 12.1 Å². The lowest BCUT2D eigenvalue weighted by atomic mass is 10.0. The molecule has 0 radical (unpaired) electrons. The Labute approximate surface area is 185 Å². The van der Waals surface area contributed by atoms with E-state index in [-0.39, 0.29) is 16.7 Å². The van der Waals surface area contributed by atoms with E-state index in [4.69, 9.17) is 0 Å². The Bertz CT molecular complexity index is 548. The highest BCUT2D eigenvalue weighted by atomic mass is 16.6. The van der Waals surface area contributed by atoms with E-state index in [0.29, 0.717) is 0 Å². The van der Waals surface area contributed by atoms with Gasteiger partial charge in [0.2, 0.25) is 0 Å². The third-order valence-corrected chi connectivity index (χ3v) is 6.08. The van der Waals surface area contributed by atoms with E-state index in [1.165, 1.54) is 96.3 Å². The molecule has 0 aliphatic heterocycles. The van der Waals surface area contributed by atoms with Gasteiger partial charge in [0, 0.05) is 17.7 Å². The van der Waals surface area contributed by atoms with Crippen LogP contribution in [0.2, 0.25) is 0 Å². The van der Waals surface area contributed by atoms with Crippen LogP contribution in [0.3, 0.4) is 0 Å². The molecule has 0 bridgehead atoms. The summed E-state index contributed by atoms with van der Waals surface area (Å²) in [7, 11) is 0. The van der Waals surface area contributed by atoms with Crippen LogP contribution in [0.25, 0.3) is 0 Å². The Balaban J connectivity index is 1.89. The fraction of sp³-hybridized carbons (Fsp3) is 0.769. The summed E-state index contributed by atoms with van der Waals surface area (Å²) in [6.45, 7) is 5.21. The van der Waals surface area contributed by atoms with Crippen molar-refractivity contribution in [2.24, 2.45) is 0 Å². The van der Waals surface area contributed by atoms with Gasteiger partial charge < -0.3 is 5.32 Å². The Morgan fingerprint density at radius 1 is 0.767 bits per heavy atom. The van der Waals surface area contributed by atoms with Crippen molar-refractivity contribution in [1.29, 1.82) is 0 Å². The molecule has 0 heterocycles. The molecule has 1 N–H and O–H groups in total. The second kappa shape index (κ2) is 18.4. The highest BCUT2D eigenvalue weighted by Crippen LogP contribution is 2.24. The van der Waals surface area contributed by atoms with Crippen molar-refractivity contribution in [1.82, 2.24) is 5.32 Å². The molecule has 0 aliphatic rings. The molecule has 4 nitrogen and oxygen atoms in total. The zero-order valence-corrected chi connectivity index (χ0v) is 19.7. The number of benzene rings is 1. The van der Waals surface area contributed by atoms with Gasteiger partial charge in [-0.05, 0) is 19.9 Å². The van der Waals surface area contributed by atoms with Gasteiger partial charge >= 0.3 is 0 Å². The van der Waals surface area contributed by atoms with Crippen LogP contribution in [0.4, 0.5) is 5.69 Å². The maximum Gasteiger partial charge on any atom is 0.274 e. The summed E-state index contributed by atoms with van der Waals surface area (Å²) in [5.41, 5.74) is 0.989. The van der Waals surface area contributed by atoms with Gasteiger partial charge in [0.25, 0.3) is 5.69 Å². The predicted octanol–water partition coefficient (Wildman–Crippen LogP) is 8.51. The Morgan fingerprint density at radius 2 is 1.20 bits per heavy atom. The molecular weight excluding hydrogens is 372 g/mol. The third-order valence-electron chi connectivity index (χ3n) is 6.08. The lowest BCUT2D eigenvalue weighted by Crippen LogP contribution is -2.20. The highest BCUT2D eigenvalue weighted by molar-refractivity contribution is 5.41. The van der Waals surface area contributed by atoms with E-state index in [2.05, 4.69) is 12.2 Å². The predicted molar refractivity (Wildman–Crippen MR) is 129 cm³/mol. The Morgan fingerprint density at radius 3 is 1.67 bits per heavy atom. The van der Waals surface area contributed by atoms with Crippen LogP contribution in [-0.2, 0) is 0 Å². The van der Waals surface area contributed by atoms with Crippen molar-refractivity contribution in [3.63, 3.8) is 0 Å². The number of nitro groups is 1. The largest absolute Gasteiger partial charge is 0.310 e. The van der Waals surface area contributed by atoms with Gasteiger partial charge in [0.15, 0.2) is 0 Å². The average molecular weight is 419 g/mol. The molecule has 0 aromatic heterocycles. The van der Waals surface area contributed by atoms with Crippen LogP contribution in [0, 0.1) is 10.1 Å². The molecule has 1 atom stereocenters. The first-order chi connectivity index (χ1) is 14.7. The van der Waals surface area contributed by atoms with Gasteiger partial charge in [-0.3, -0.25) is 10.1 Å². The van der Waals surface area contributed by atoms with E-state index >= 15 is 0 Å². The summed E-state index contributed by atoms with van der Waals surface area (Å²) in [5.74, 6) is 0. The molecule has 4 heteroatoms. The number of nitrogens with one attached hydrogen (secondary N) is 1. The number of rotatable bonds is 20. The van der Waals surface area contributed by atoms with Crippen LogP contribution in [0.1, 0.15) is 128 Å². The normalized spacial score (nSPS) is 12.2. The lowest BCUT2D eigenvalue weighted by molar-refractivity contribution is -0.385. The molecule has 1 unspecified atom stereocenters. The zero-order chi connectivity index (χ0) is 21.9. The number of unbranched alkanes of at least 4 members (excludes halogenated alkanes) is 15. The summed E-state index contributed by atoms with van der Waals surface area (Å²) in [6, 6.07) is 7.05. The van der Waals surface area contributed by atoms with Gasteiger partial charge in [0.1, 0.15) is 0 Å². The number of para-hydroxylation sites is 1. The highest BCUT2D eigenvalue weighted by Gasteiger charge is 2.17. The number of hydrogen-bond acceptors (Lipinski definition) is 3. The zero-order valence-electron chi connectivity index (χ0n) is 19.7. The third kappa shape index (κ3) is 13.0. The first-order valence-electron chi connectivity index (χ1n) is 12.6. The fourth-order valence-electron chi connectivity index (χ4n) is 4.12. The monoisotopic (exact) mass is 418 g/mol. The van der Waals surface area contributed by atoms with Crippen molar-refractivity contribution in [3.8, 4) is 0 Å². The van der Waals surface area contributed by atoms with Crippen LogP contribution < -0.4 is 5.32 Å². The van der Waals surface area contributed by atoms with Gasteiger partial charge in [0.05, 0.1) is 4.92 Å². The number of hydrogen-bond donors (Lipinski definition) is 1. The lowest BCUT2D eigenvalue weighted by Gasteiger charge is -2.14. The van der Waals surface area contributed by atoms with E-state index in [1.807, 2.05) is 19.1 Å². The Kier molecular flexibility index (Phi) is 16.3. The summed E-state index contributed by atoms with van der Waals surface area (Å²) in [5, 5.41) is 14.6. The molecular formula is C26H46N2O2. The summed E-state index contributed by atoms with van der Waals surface area (Å²) in [4.78, 5) is 10.8. The molecule has 1 rings (SSSR count). The molecule has 0 saturated carbocycles. The van der Waals surface area contributed by atoms with Gasteiger partial charge in [-0.25, -0.2) is 0 Å². The van der Waals surface area contributed by atoms with Crippen molar-refractivity contribution < 1.29 is 4.92 Å². The van der Waals surface area contributed by atoms with Gasteiger partial charge in [-0.15, -0.1) is 0 Å². The first-order valence-corrected chi connectivity index (χ1v) is 12.6. The maximum atomic E-state index is 11.1. The molecule has 1 aromatic rings. The van der Waals surface area contributed by atoms with E-state index in [9.17, 15) is 10.1 Å². The minimum absolute atomic E-state index is 0.0166. The van der Waals surface area contributed by atoms with Gasteiger partial charge in [-0.1, -0.05) is 121 Å². The molecule has 0 spiro atoms. The van der Waals surface area contributed by atoms with Crippen molar-refractivity contribution in [3.05, 3.63) is 39.9 Å². The van der Waals surface area contributed by atoms with Crippen molar-refractivity contribution in [2.45, 2.75) is 123 Å². The quantitative estimate of drug-likeness (QED) is 0.131. The molecule has 0 fully saturated rings. The topological polar surface area (TPSA) is 55.2 Å². The average Bonchev–Trinajstić information content (AvgIpc) is 2.75. The minimum Gasteiger partial charge on any atom is -0.310 e. The second-order valence-corrected chi connectivity index (χ2v) is 8.80. The molecule has 0 aliphatic carbocycles. The van der Waals surface area contributed by atoms with Crippen LogP contribution in [0.15, 0.2) is 24.3 Å². The molecule has 0 amide bonds. The standard InChI is InChI=1S/C26H46N2O2/c1-3-4-5-6-7-8-9-10-11-12-13-14-15-16-17-20-23-27-24(2)25-21-18-19-22-26(25)28(29)30/h18-19,21-22,24,27H,3-17,20,23H2,1-2H3. The maximum absolute atomic E-state index is 11.1. The molecule has 30 heavy (non-hydrogen) atoms. The van der Waals surface area contributed by atoms with Crippen LogP contribution >= 0.6 is 0 Å². The summed E-state index contributed by atoms with van der Waals surface area (Å²) < 4.78 is 0. The number of nitro benzene ring substituents is 1. The SMILES string of the molecule is CCCCCCCCCCCCCCCCCCNC(C)c1ccccc1[N+](=O)[O-]. The summed E-state index contributed by atoms with van der Waals surface area (Å²) in [6.07, 6.45) is 22.0. The van der Waals surface area contributed by atoms with Crippen LogP contribution in [-0.4, -0.2) is 11.5 Å². The molecule has 172 valence electrons. The minimum atomic E-state index is -0.290. The smallest absolute Gasteiger partial charge is 0.274 e. The Hall–Kier alpha value is -1.42. The van der Waals surface area contributed by atoms with Crippen molar-refractivity contribution >= 4 is 5.69 Å². The van der Waals surface area contributed by atoms with E-state index < -0.39 is 0 Å². The van der Waals surface area contributed by atoms with Gasteiger partial charge in [-0.2, -0.15) is 0 Å². The van der Waals surface area contributed by atoms with E-state index in [0.717, 1.165) is 18.5 Å². The first kappa shape index (κ1) is 26.6. The fourth-order valence-corrected chi connectivity index (χ4v) is 4.12. The van der Waals surface area contributed by atoms with Crippen LogP contribution in [0.5, 0.6) is 0 Å². The second-order valence-electron chi connectivity index (χ2n) is 8.80. The molecule has 0 saturated heterocycles. The summed E-state index contributed by atoms with van der Waals surface area (Å²) >= 11 is 0.